The second kappa shape index (κ2) is 7.81. The summed E-state index contributed by atoms with van der Waals surface area (Å²) in [6.45, 7) is 1.85. The van der Waals surface area contributed by atoms with Gasteiger partial charge in [0.2, 0.25) is 5.91 Å². The molecule has 0 saturated carbocycles. The van der Waals surface area contributed by atoms with Crippen molar-refractivity contribution >= 4 is 17.7 Å². The molecule has 3 rings (SSSR count). The summed E-state index contributed by atoms with van der Waals surface area (Å²) in [7, 11) is 1.91. The van der Waals surface area contributed by atoms with Gasteiger partial charge in [-0.25, -0.2) is 0 Å². The zero-order chi connectivity index (χ0) is 16.8. The molecule has 2 aromatic rings. The Hall–Kier alpha value is -1.86. The van der Waals surface area contributed by atoms with Crippen LogP contribution in [0.25, 0.3) is 0 Å². The first-order valence-corrected chi connectivity index (χ1v) is 9.09. The molecule has 0 aliphatic carbocycles. The number of thioether (sulfide) groups is 1. The number of carbonyl (C=O) groups excluding carboxylic acids is 1. The minimum atomic E-state index is -0.477. The number of benzene rings is 1. The van der Waals surface area contributed by atoms with Gasteiger partial charge >= 0.3 is 0 Å². The number of nitrogens with one attached hydrogen (secondary N) is 1. The summed E-state index contributed by atoms with van der Waals surface area (Å²) in [5.74, 6) is 0.857. The third-order valence-corrected chi connectivity index (χ3v) is 5.43. The van der Waals surface area contributed by atoms with E-state index in [0.29, 0.717) is 19.8 Å². The van der Waals surface area contributed by atoms with E-state index in [9.17, 15) is 4.79 Å². The molecule has 0 bridgehead atoms. The molecule has 0 radical (unpaired) electrons. The maximum atomic E-state index is 12.9. The SMILES string of the molecule is Cn1cnnc1SCCNC(=O)C1(c2ccccc2)CCOCC1. The lowest BCUT2D eigenvalue weighted by Crippen LogP contribution is -2.48. The number of carbonyl (C=O) groups is 1. The van der Waals surface area contributed by atoms with Crippen LogP contribution in [0.4, 0.5) is 0 Å². The number of rotatable bonds is 6. The molecule has 6 nitrogen and oxygen atoms in total. The van der Waals surface area contributed by atoms with Gasteiger partial charge in [-0.3, -0.25) is 4.79 Å². The molecule has 1 saturated heterocycles. The highest BCUT2D eigenvalue weighted by atomic mass is 32.2. The van der Waals surface area contributed by atoms with Crippen molar-refractivity contribution < 1.29 is 9.53 Å². The molecule has 128 valence electrons. The van der Waals surface area contributed by atoms with Crippen LogP contribution in [0.2, 0.25) is 0 Å². The van der Waals surface area contributed by atoms with Crippen molar-refractivity contribution in [3.05, 3.63) is 42.2 Å². The van der Waals surface area contributed by atoms with Crippen LogP contribution in [-0.4, -0.2) is 46.2 Å². The lowest BCUT2D eigenvalue weighted by molar-refractivity contribution is -0.130. The van der Waals surface area contributed by atoms with E-state index in [0.717, 1.165) is 29.3 Å². The van der Waals surface area contributed by atoms with Crippen molar-refractivity contribution in [3.8, 4) is 0 Å². The van der Waals surface area contributed by atoms with Gasteiger partial charge in [-0.15, -0.1) is 10.2 Å². The number of amides is 1. The van der Waals surface area contributed by atoms with Gasteiger partial charge in [0.1, 0.15) is 6.33 Å². The smallest absolute Gasteiger partial charge is 0.230 e. The number of aryl methyl sites for hydroxylation is 1. The molecule has 24 heavy (non-hydrogen) atoms. The molecule has 1 amide bonds. The van der Waals surface area contributed by atoms with E-state index < -0.39 is 5.41 Å². The number of hydrogen-bond acceptors (Lipinski definition) is 5. The Labute approximate surface area is 146 Å². The molecule has 1 fully saturated rings. The van der Waals surface area contributed by atoms with Gasteiger partial charge in [-0.2, -0.15) is 0 Å². The van der Waals surface area contributed by atoms with Crippen molar-refractivity contribution in [2.45, 2.75) is 23.4 Å². The number of aromatic nitrogens is 3. The molecule has 0 spiro atoms. The Kier molecular flexibility index (Phi) is 5.52. The summed E-state index contributed by atoms with van der Waals surface area (Å²) in [5.41, 5.74) is 0.598. The van der Waals surface area contributed by atoms with E-state index in [1.54, 1.807) is 18.1 Å². The van der Waals surface area contributed by atoms with Crippen LogP contribution < -0.4 is 5.32 Å². The van der Waals surface area contributed by atoms with Crippen LogP contribution in [0, 0.1) is 0 Å². The fourth-order valence-corrected chi connectivity index (χ4v) is 3.75. The van der Waals surface area contributed by atoms with Gasteiger partial charge in [0.15, 0.2) is 5.16 Å². The zero-order valence-corrected chi connectivity index (χ0v) is 14.6. The average Bonchev–Trinajstić information content (AvgIpc) is 3.05. The van der Waals surface area contributed by atoms with Crippen molar-refractivity contribution in [2.24, 2.45) is 7.05 Å². The Morgan fingerprint density at radius 2 is 2.08 bits per heavy atom. The quantitative estimate of drug-likeness (QED) is 0.638. The summed E-state index contributed by atoms with van der Waals surface area (Å²) >= 11 is 1.59. The largest absolute Gasteiger partial charge is 0.381 e. The topological polar surface area (TPSA) is 69.0 Å². The maximum absolute atomic E-state index is 12.9. The fraction of sp³-hybridized carbons (Fsp3) is 0.471. The van der Waals surface area contributed by atoms with E-state index in [1.165, 1.54) is 0 Å². The predicted octanol–water partition coefficient (Wildman–Crippen LogP) is 1.77. The van der Waals surface area contributed by atoms with Gasteiger partial charge < -0.3 is 14.6 Å². The number of ether oxygens (including phenoxy) is 1. The number of hydrogen-bond donors (Lipinski definition) is 1. The van der Waals surface area contributed by atoms with Gasteiger partial charge in [0, 0.05) is 32.6 Å². The first-order chi connectivity index (χ1) is 11.7. The molecule has 0 unspecified atom stereocenters. The summed E-state index contributed by atoms with van der Waals surface area (Å²) in [5, 5.41) is 11.8. The standard InChI is InChI=1S/C17H22N4O2S/c1-21-13-19-20-16(21)24-12-9-18-15(22)17(7-10-23-11-8-17)14-5-3-2-4-6-14/h2-6,13H,7-12H2,1H3,(H,18,22). The first kappa shape index (κ1) is 17.0. The van der Waals surface area contributed by atoms with E-state index >= 15 is 0 Å². The van der Waals surface area contributed by atoms with Crippen LogP contribution in [0.3, 0.4) is 0 Å². The molecular weight excluding hydrogens is 324 g/mol. The third-order valence-electron chi connectivity index (χ3n) is 4.40. The molecule has 1 aliphatic heterocycles. The summed E-state index contributed by atoms with van der Waals surface area (Å²) < 4.78 is 7.35. The van der Waals surface area contributed by atoms with Gasteiger partial charge in [0.05, 0.1) is 5.41 Å². The van der Waals surface area contributed by atoms with Crippen molar-refractivity contribution in [3.63, 3.8) is 0 Å². The van der Waals surface area contributed by atoms with Crippen LogP contribution >= 0.6 is 11.8 Å². The van der Waals surface area contributed by atoms with Crippen LogP contribution in [0.1, 0.15) is 18.4 Å². The summed E-state index contributed by atoms with van der Waals surface area (Å²) in [6.07, 6.45) is 3.12. The lowest BCUT2D eigenvalue weighted by atomic mass is 9.73. The highest BCUT2D eigenvalue weighted by Gasteiger charge is 2.41. The first-order valence-electron chi connectivity index (χ1n) is 8.11. The van der Waals surface area contributed by atoms with Crippen LogP contribution in [0.5, 0.6) is 0 Å². The van der Waals surface area contributed by atoms with E-state index in [2.05, 4.69) is 15.5 Å². The highest BCUT2D eigenvalue weighted by molar-refractivity contribution is 7.99. The van der Waals surface area contributed by atoms with Gasteiger partial charge in [0.25, 0.3) is 0 Å². The van der Waals surface area contributed by atoms with Crippen molar-refractivity contribution in [1.29, 1.82) is 0 Å². The molecular formula is C17H22N4O2S. The van der Waals surface area contributed by atoms with Crippen LogP contribution in [0.15, 0.2) is 41.8 Å². The lowest BCUT2D eigenvalue weighted by Gasteiger charge is -2.36. The minimum Gasteiger partial charge on any atom is -0.381 e. The Balaban J connectivity index is 1.61. The molecule has 1 N–H and O–H groups in total. The van der Waals surface area contributed by atoms with Gasteiger partial charge in [-0.05, 0) is 18.4 Å². The Bertz CT molecular complexity index is 668. The van der Waals surface area contributed by atoms with E-state index in [-0.39, 0.29) is 5.91 Å². The van der Waals surface area contributed by atoms with Gasteiger partial charge in [-0.1, -0.05) is 42.1 Å². The molecule has 7 heteroatoms. The van der Waals surface area contributed by atoms with Crippen molar-refractivity contribution in [1.82, 2.24) is 20.1 Å². The molecule has 1 aliphatic rings. The van der Waals surface area contributed by atoms with E-state index in [1.807, 2.05) is 41.9 Å². The number of nitrogens with zero attached hydrogens (tertiary/aromatic N) is 3. The second-order valence-electron chi connectivity index (χ2n) is 5.89. The normalized spacial score (nSPS) is 16.7. The monoisotopic (exact) mass is 346 g/mol. The van der Waals surface area contributed by atoms with Crippen LogP contribution in [-0.2, 0) is 22.0 Å². The maximum Gasteiger partial charge on any atom is 0.230 e. The van der Waals surface area contributed by atoms with E-state index in [4.69, 9.17) is 4.74 Å². The predicted molar refractivity (Wildman–Crippen MR) is 92.9 cm³/mol. The molecule has 1 aromatic heterocycles. The minimum absolute atomic E-state index is 0.0931. The summed E-state index contributed by atoms with van der Waals surface area (Å²) in [4.78, 5) is 12.9. The summed E-state index contributed by atoms with van der Waals surface area (Å²) in [6, 6.07) is 10.0. The fourth-order valence-electron chi connectivity index (χ4n) is 3.00. The molecule has 0 atom stereocenters. The Morgan fingerprint density at radius 1 is 1.33 bits per heavy atom. The third kappa shape index (κ3) is 3.62. The Morgan fingerprint density at radius 3 is 2.75 bits per heavy atom. The van der Waals surface area contributed by atoms with Crippen molar-refractivity contribution in [2.75, 3.05) is 25.5 Å². The molecule has 1 aromatic carbocycles. The molecule has 2 heterocycles. The highest BCUT2D eigenvalue weighted by Crippen LogP contribution is 2.35. The average molecular weight is 346 g/mol. The zero-order valence-electron chi connectivity index (χ0n) is 13.8. The second-order valence-corrected chi connectivity index (χ2v) is 6.95.